The minimum Gasteiger partial charge on any atom is -0.333 e. The minimum absolute atomic E-state index is 0.0243. The standard InChI is InChI=1S/C18H19N5O3S3/c24-17(12-28-18-19-20-21-23(18)14-5-2-1-3-6-14)22(11-16-7-4-9-27-16)15-8-10-29(25,26)13-15/h1-7,9,15H,8,10-13H2/t15-/m1/s1. The summed E-state index contributed by atoms with van der Waals surface area (Å²) < 4.78 is 25.5. The van der Waals surface area contributed by atoms with Crippen molar-refractivity contribution in [2.45, 2.75) is 24.2 Å². The van der Waals surface area contributed by atoms with E-state index in [9.17, 15) is 13.2 Å². The maximum atomic E-state index is 13.0. The lowest BCUT2D eigenvalue weighted by atomic mass is 10.2. The van der Waals surface area contributed by atoms with Gasteiger partial charge in [0.05, 0.1) is 29.5 Å². The molecule has 2 aromatic heterocycles. The first-order chi connectivity index (χ1) is 14.0. The molecule has 0 N–H and O–H groups in total. The average Bonchev–Trinajstić information content (AvgIpc) is 3.46. The van der Waals surface area contributed by atoms with Crippen LogP contribution in [0.5, 0.6) is 0 Å². The molecule has 1 aliphatic rings. The van der Waals surface area contributed by atoms with E-state index >= 15 is 0 Å². The van der Waals surface area contributed by atoms with Crippen LogP contribution in [0, 0.1) is 0 Å². The largest absolute Gasteiger partial charge is 0.333 e. The van der Waals surface area contributed by atoms with Crippen molar-refractivity contribution in [2.75, 3.05) is 17.3 Å². The Morgan fingerprint density at radius 2 is 2.07 bits per heavy atom. The third kappa shape index (κ3) is 4.85. The maximum absolute atomic E-state index is 13.0. The van der Waals surface area contributed by atoms with Gasteiger partial charge < -0.3 is 4.90 Å². The van der Waals surface area contributed by atoms with Gasteiger partial charge in [0, 0.05) is 10.9 Å². The lowest BCUT2D eigenvalue weighted by molar-refractivity contribution is -0.130. The molecule has 0 aliphatic carbocycles. The second-order valence-electron chi connectivity index (χ2n) is 6.66. The van der Waals surface area contributed by atoms with Gasteiger partial charge >= 0.3 is 0 Å². The summed E-state index contributed by atoms with van der Waals surface area (Å²) in [5, 5.41) is 14.2. The van der Waals surface area contributed by atoms with Gasteiger partial charge in [-0.2, -0.15) is 4.68 Å². The quantitative estimate of drug-likeness (QED) is 0.509. The average molecular weight is 450 g/mol. The van der Waals surface area contributed by atoms with E-state index < -0.39 is 9.84 Å². The second kappa shape index (κ2) is 8.64. The van der Waals surface area contributed by atoms with Gasteiger partial charge in [-0.25, -0.2) is 8.42 Å². The third-order valence-electron chi connectivity index (χ3n) is 4.64. The Labute approximate surface area is 176 Å². The van der Waals surface area contributed by atoms with Crippen LogP contribution in [0.3, 0.4) is 0 Å². The minimum atomic E-state index is -3.09. The molecule has 0 bridgehead atoms. The zero-order valence-corrected chi connectivity index (χ0v) is 17.9. The van der Waals surface area contributed by atoms with Crippen molar-refractivity contribution in [3.05, 3.63) is 52.7 Å². The molecule has 0 spiro atoms. The van der Waals surface area contributed by atoms with Gasteiger partial charge in [0.25, 0.3) is 0 Å². The number of thiophene rings is 1. The van der Waals surface area contributed by atoms with Crippen molar-refractivity contribution in [3.63, 3.8) is 0 Å². The molecule has 3 heterocycles. The van der Waals surface area contributed by atoms with Gasteiger partial charge in [-0.3, -0.25) is 4.79 Å². The Morgan fingerprint density at radius 3 is 2.76 bits per heavy atom. The van der Waals surface area contributed by atoms with Gasteiger partial charge in [0.15, 0.2) is 9.84 Å². The number of thioether (sulfide) groups is 1. The molecule has 152 valence electrons. The Kier molecular flexibility index (Phi) is 5.97. The van der Waals surface area contributed by atoms with E-state index in [4.69, 9.17) is 0 Å². The molecule has 1 saturated heterocycles. The van der Waals surface area contributed by atoms with Crippen LogP contribution in [0.25, 0.3) is 5.69 Å². The van der Waals surface area contributed by atoms with Crippen molar-refractivity contribution in [1.29, 1.82) is 0 Å². The number of rotatable bonds is 7. The van der Waals surface area contributed by atoms with E-state index in [0.717, 1.165) is 10.6 Å². The molecule has 1 fully saturated rings. The number of tetrazole rings is 1. The first-order valence-electron chi connectivity index (χ1n) is 9.01. The number of aromatic nitrogens is 4. The summed E-state index contributed by atoms with van der Waals surface area (Å²) in [6.07, 6.45) is 0.478. The fraction of sp³-hybridized carbons (Fsp3) is 0.333. The van der Waals surface area contributed by atoms with Crippen molar-refractivity contribution < 1.29 is 13.2 Å². The summed E-state index contributed by atoms with van der Waals surface area (Å²) >= 11 is 2.80. The summed E-state index contributed by atoms with van der Waals surface area (Å²) in [6, 6.07) is 13.0. The van der Waals surface area contributed by atoms with E-state index in [1.165, 1.54) is 11.8 Å². The van der Waals surface area contributed by atoms with Crippen LogP contribution in [-0.4, -0.2) is 62.7 Å². The fourth-order valence-electron chi connectivity index (χ4n) is 3.22. The lowest BCUT2D eigenvalue weighted by Gasteiger charge is -2.27. The highest BCUT2D eigenvalue weighted by Gasteiger charge is 2.34. The fourth-order valence-corrected chi connectivity index (χ4v) is 6.43. The van der Waals surface area contributed by atoms with E-state index in [-0.39, 0.29) is 29.2 Å². The number of para-hydroxylation sites is 1. The number of hydrogen-bond donors (Lipinski definition) is 0. The van der Waals surface area contributed by atoms with Crippen LogP contribution in [0.15, 0.2) is 53.0 Å². The van der Waals surface area contributed by atoms with Crippen molar-refractivity contribution in [3.8, 4) is 5.69 Å². The van der Waals surface area contributed by atoms with Gasteiger partial charge in [0.1, 0.15) is 0 Å². The third-order valence-corrected chi connectivity index (χ3v) is 8.16. The molecule has 4 rings (SSSR count). The molecule has 8 nitrogen and oxygen atoms in total. The van der Waals surface area contributed by atoms with Gasteiger partial charge in [-0.15, -0.1) is 16.4 Å². The Balaban J connectivity index is 1.48. The molecule has 1 amide bonds. The normalized spacial score (nSPS) is 18.0. The zero-order chi connectivity index (χ0) is 20.3. The monoisotopic (exact) mass is 449 g/mol. The summed E-state index contributed by atoms with van der Waals surface area (Å²) in [5.74, 6) is 0.171. The van der Waals surface area contributed by atoms with Gasteiger partial charge in [0.2, 0.25) is 11.1 Å². The highest BCUT2D eigenvalue weighted by Crippen LogP contribution is 2.24. The van der Waals surface area contributed by atoms with Gasteiger partial charge in [-0.05, 0) is 40.4 Å². The summed E-state index contributed by atoms with van der Waals surface area (Å²) in [4.78, 5) is 15.8. The molecule has 11 heteroatoms. The number of sulfone groups is 1. The number of carbonyl (C=O) groups is 1. The summed E-state index contributed by atoms with van der Waals surface area (Å²) in [6.45, 7) is 0.418. The molecule has 0 radical (unpaired) electrons. The molecular weight excluding hydrogens is 430 g/mol. The van der Waals surface area contributed by atoms with Crippen LogP contribution in [-0.2, 0) is 21.2 Å². The Morgan fingerprint density at radius 1 is 1.24 bits per heavy atom. The van der Waals surface area contributed by atoms with Crippen LogP contribution < -0.4 is 0 Å². The van der Waals surface area contributed by atoms with E-state index in [1.807, 2.05) is 47.8 Å². The predicted molar refractivity (Wildman–Crippen MR) is 112 cm³/mol. The molecule has 29 heavy (non-hydrogen) atoms. The molecule has 1 aliphatic heterocycles. The Bertz CT molecular complexity index is 1070. The molecule has 1 aromatic carbocycles. The number of benzene rings is 1. The number of nitrogens with zero attached hydrogens (tertiary/aromatic N) is 5. The highest BCUT2D eigenvalue weighted by molar-refractivity contribution is 7.99. The van der Waals surface area contributed by atoms with Crippen LogP contribution >= 0.6 is 23.1 Å². The zero-order valence-electron chi connectivity index (χ0n) is 15.4. The van der Waals surface area contributed by atoms with Crippen LogP contribution in [0.2, 0.25) is 0 Å². The number of hydrogen-bond acceptors (Lipinski definition) is 8. The van der Waals surface area contributed by atoms with Crippen molar-refractivity contribution in [1.82, 2.24) is 25.1 Å². The second-order valence-corrected chi connectivity index (χ2v) is 10.9. The SMILES string of the molecule is O=C(CSc1nnnn1-c1ccccc1)N(Cc1cccs1)[C@@H]1CCS(=O)(=O)C1. The first-order valence-corrected chi connectivity index (χ1v) is 12.7. The number of carbonyl (C=O) groups excluding carboxylic acids is 1. The predicted octanol–water partition coefficient (Wildman–Crippen LogP) is 2.03. The molecule has 3 aromatic rings. The van der Waals surface area contributed by atoms with Crippen LogP contribution in [0.1, 0.15) is 11.3 Å². The topological polar surface area (TPSA) is 98.1 Å². The first kappa shape index (κ1) is 20.0. The van der Waals surface area contributed by atoms with E-state index in [1.54, 1.807) is 20.9 Å². The smallest absolute Gasteiger partial charge is 0.233 e. The molecular formula is C18H19N5O3S3. The Hall–Kier alpha value is -2.24. The van der Waals surface area contributed by atoms with E-state index in [2.05, 4.69) is 15.5 Å². The molecule has 0 unspecified atom stereocenters. The summed E-state index contributed by atoms with van der Waals surface area (Å²) in [7, 11) is -3.09. The molecule has 1 atom stereocenters. The van der Waals surface area contributed by atoms with Crippen molar-refractivity contribution in [2.24, 2.45) is 0 Å². The van der Waals surface area contributed by atoms with Crippen molar-refractivity contribution >= 4 is 38.8 Å². The van der Waals surface area contributed by atoms with Crippen LogP contribution in [0.4, 0.5) is 0 Å². The van der Waals surface area contributed by atoms with Gasteiger partial charge in [-0.1, -0.05) is 36.0 Å². The lowest BCUT2D eigenvalue weighted by Crippen LogP contribution is -2.41. The summed E-state index contributed by atoms with van der Waals surface area (Å²) in [5.41, 5.74) is 0.810. The maximum Gasteiger partial charge on any atom is 0.233 e. The molecule has 0 saturated carbocycles. The highest BCUT2D eigenvalue weighted by atomic mass is 32.2. The number of amides is 1. The van der Waals surface area contributed by atoms with E-state index in [0.29, 0.717) is 18.1 Å².